The van der Waals surface area contributed by atoms with E-state index in [1.165, 1.54) is 23.5 Å². The van der Waals surface area contributed by atoms with Gasteiger partial charge in [0, 0.05) is 16.6 Å². The minimum Gasteiger partial charge on any atom is -0.493 e. The lowest BCUT2D eigenvalue weighted by Crippen LogP contribution is -2.15. The summed E-state index contributed by atoms with van der Waals surface area (Å²) < 4.78 is 21.1. The van der Waals surface area contributed by atoms with Gasteiger partial charge in [0.2, 0.25) is 0 Å². The third-order valence-electron chi connectivity index (χ3n) is 3.27. The second kappa shape index (κ2) is 4.88. The van der Waals surface area contributed by atoms with Crippen LogP contribution in [0, 0.1) is 5.82 Å². The SMILES string of the molecule is COc1cnn(C)c1C(N)c1cc2ccc(F)cc2s1. The number of aryl methyl sites for hydroxylation is 1. The predicted molar refractivity (Wildman–Crippen MR) is 77.6 cm³/mol. The Labute approximate surface area is 119 Å². The van der Waals surface area contributed by atoms with E-state index in [2.05, 4.69) is 5.10 Å². The van der Waals surface area contributed by atoms with Gasteiger partial charge in [0.15, 0.2) is 5.75 Å². The maximum Gasteiger partial charge on any atom is 0.161 e. The summed E-state index contributed by atoms with van der Waals surface area (Å²) in [4.78, 5) is 0.951. The molecule has 0 spiro atoms. The Morgan fingerprint density at radius 2 is 2.20 bits per heavy atom. The van der Waals surface area contributed by atoms with Gasteiger partial charge < -0.3 is 10.5 Å². The van der Waals surface area contributed by atoms with Crippen LogP contribution in [0.1, 0.15) is 16.6 Å². The molecule has 1 aromatic carbocycles. The lowest BCUT2D eigenvalue weighted by Gasteiger charge is -2.12. The number of methoxy groups -OCH3 is 1. The maximum atomic E-state index is 13.2. The molecule has 104 valence electrons. The lowest BCUT2D eigenvalue weighted by molar-refractivity contribution is 0.406. The Morgan fingerprint density at radius 3 is 2.95 bits per heavy atom. The highest BCUT2D eigenvalue weighted by Gasteiger charge is 2.20. The minimum absolute atomic E-state index is 0.238. The van der Waals surface area contributed by atoms with E-state index in [-0.39, 0.29) is 11.9 Å². The average Bonchev–Trinajstić information content (AvgIpc) is 3.00. The number of hydrogen-bond donors (Lipinski definition) is 1. The third kappa shape index (κ3) is 2.07. The summed E-state index contributed by atoms with van der Waals surface area (Å²) in [5, 5.41) is 5.15. The van der Waals surface area contributed by atoms with Gasteiger partial charge in [0.25, 0.3) is 0 Å². The number of thiophene rings is 1. The van der Waals surface area contributed by atoms with Crippen molar-refractivity contribution in [3.05, 3.63) is 46.9 Å². The monoisotopic (exact) mass is 291 g/mol. The van der Waals surface area contributed by atoms with Crippen molar-refractivity contribution in [3.8, 4) is 5.75 Å². The summed E-state index contributed by atoms with van der Waals surface area (Å²) >= 11 is 1.48. The second-order valence-corrected chi connectivity index (χ2v) is 5.65. The maximum absolute atomic E-state index is 13.2. The summed E-state index contributed by atoms with van der Waals surface area (Å²) in [5.41, 5.74) is 7.12. The number of fused-ring (bicyclic) bond motifs is 1. The average molecular weight is 291 g/mol. The molecule has 3 aromatic rings. The molecule has 0 fully saturated rings. The molecule has 6 heteroatoms. The van der Waals surface area contributed by atoms with E-state index in [9.17, 15) is 4.39 Å². The van der Waals surface area contributed by atoms with Crippen LogP contribution in [0.4, 0.5) is 4.39 Å². The highest BCUT2D eigenvalue weighted by Crippen LogP contribution is 2.35. The van der Waals surface area contributed by atoms with E-state index in [0.717, 1.165) is 20.7 Å². The molecule has 0 saturated heterocycles. The molecule has 0 radical (unpaired) electrons. The first-order valence-corrected chi connectivity index (χ1v) is 6.92. The normalized spacial score (nSPS) is 12.8. The Balaban J connectivity index is 2.07. The van der Waals surface area contributed by atoms with E-state index in [4.69, 9.17) is 10.5 Å². The zero-order valence-corrected chi connectivity index (χ0v) is 11.9. The molecular formula is C14H14FN3OS. The molecule has 3 rings (SSSR count). The van der Waals surface area contributed by atoms with Crippen LogP contribution in [0.15, 0.2) is 30.5 Å². The molecule has 0 aliphatic rings. The van der Waals surface area contributed by atoms with Crippen LogP contribution in [0.25, 0.3) is 10.1 Å². The number of aromatic nitrogens is 2. The third-order valence-corrected chi connectivity index (χ3v) is 4.45. The lowest BCUT2D eigenvalue weighted by atomic mass is 10.1. The Morgan fingerprint density at radius 1 is 1.40 bits per heavy atom. The van der Waals surface area contributed by atoms with Crippen LogP contribution in [0.5, 0.6) is 5.75 Å². The summed E-state index contributed by atoms with van der Waals surface area (Å²) in [6.45, 7) is 0. The number of rotatable bonds is 3. The van der Waals surface area contributed by atoms with Gasteiger partial charge in [-0.05, 0) is 23.6 Å². The van der Waals surface area contributed by atoms with Crippen molar-refractivity contribution >= 4 is 21.4 Å². The first-order valence-electron chi connectivity index (χ1n) is 6.10. The molecular weight excluding hydrogens is 277 g/mol. The molecule has 1 atom stereocenters. The van der Waals surface area contributed by atoms with Crippen molar-refractivity contribution in [2.24, 2.45) is 12.8 Å². The number of hydrogen-bond acceptors (Lipinski definition) is 4. The van der Waals surface area contributed by atoms with Crippen molar-refractivity contribution in [1.82, 2.24) is 9.78 Å². The van der Waals surface area contributed by atoms with Gasteiger partial charge in [-0.3, -0.25) is 4.68 Å². The van der Waals surface area contributed by atoms with E-state index in [0.29, 0.717) is 5.75 Å². The number of halogens is 1. The van der Waals surface area contributed by atoms with Crippen LogP contribution < -0.4 is 10.5 Å². The molecule has 0 bridgehead atoms. The van der Waals surface area contributed by atoms with E-state index in [1.807, 2.05) is 13.1 Å². The van der Waals surface area contributed by atoms with Crippen LogP contribution in [0.3, 0.4) is 0 Å². The first kappa shape index (κ1) is 13.1. The fourth-order valence-electron chi connectivity index (χ4n) is 2.25. The molecule has 0 aliphatic carbocycles. The van der Waals surface area contributed by atoms with Crippen LogP contribution in [-0.4, -0.2) is 16.9 Å². The topological polar surface area (TPSA) is 53.1 Å². The molecule has 0 aliphatic heterocycles. The Kier molecular flexibility index (Phi) is 3.19. The first-order chi connectivity index (χ1) is 9.60. The van der Waals surface area contributed by atoms with Crippen LogP contribution >= 0.6 is 11.3 Å². The Bertz CT molecular complexity index is 765. The Hall–Kier alpha value is -1.92. The minimum atomic E-state index is -0.349. The number of nitrogens with two attached hydrogens (primary N) is 1. The smallest absolute Gasteiger partial charge is 0.161 e. The second-order valence-electron chi connectivity index (χ2n) is 4.53. The quantitative estimate of drug-likeness (QED) is 0.807. The number of nitrogens with zero attached hydrogens (tertiary/aromatic N) is 2. The van der Waals surface area contributed by atoms with Gasteiger partial charge in [-0.15, -0.1) is 11.3 Å². The van der Waals surface area contributed by atoms with Crippen molar-refractivity contribution in [2.45, 2.75) is 6.04 Å². The van der Waals surface area contributed by atoms with Crippen molar-refractivity contribution in [2.75, 3.05) is 7.11 Å². The van der Waals surface area contributed by atoms with E-state index < -0.39 is 0 Å². The van der Waals surface area contributed by atoms with Gasteiger partial charge in [0.05, 0.1) is 19.3 Å². The summed E-state index contributed by atoms with van der Waals surface area (Å²) in [6, 6.07) is 6.37. The van der Waals surface area contributed by atoms with E-state index >= 15 is 0 Å². The van der Waals surface area contributed by atoms with Crippen molar-refractivity contribution < 1.29 is 9.13 Å². The van der Waals surface area contributed by atoms with Gasteiger partial charge in [-0.1, -0.05) is 6.07 Å². The van der Waals surface area contributed by atoms with Crippen LogP contribution in [-0.2, 0) is 7.05 Å². The van der Waals surface area contributed by atoms with E-state index in [1.54, 1.807) is 24.1 Å². The highest BCUT2D eigenvalue weighted by molar-refractivity contribution is 7.19. The molecule has 2 heterocycles. The highest BCUT2D eigenvalue weighted by atomic mass is 32.1. The van der Waals surface area contributed by atoms with Gasteiger partial charge in [-0.2, -0.15) is 5.10 Å². The largest absolute Gasteiger partial charge is 0.493 e. The summed E-state index contributed by atoms with van der Waals surface area (Å²) in [6.07, 6.45) is 1.64. The molecule has 4 nitrogen and oxygen atoms in total. The number of benzene rings is 1. The predicted octanol–water partition coefficient (Wildman–Crippen LogP) is 2.83. The van der Waals surface area contributed by atoms with Crippen LogP contribution in [0.2, 0.25) is 0 Å². The van der Waals surface area contributed by atoms with Crippen molar-refractivity contribution in [1.29, 1.82) is 0 Å². The molecule has 2 N–H and O–H groups in total. The fourth-order valence-corrected chi connectivity index (χ4v) is 3.35. The molecule has 20 heavy (non-hydrogen) atoms. The molecule has 2 aromatic heterocycles. The molecule has 0 amide bonds. The number of ether oxygens (including phenoxy) is 1. The van der Waals surface area contributed by atoms with Crippen molar-refractivity contribution in [3.63, 3.8) is 0 Å². The zero-order chi connectivity index (χ0) is 14.3. The van der Waals surface area contributed by atoms with Gasteiger partial charge in [-0.25, -0.2) is 4.39 Å². The van der Waals surface area contributed by atoms with Gasteiger partial charge >= 0.3 is 0 Å². The summed E-state index contributed by atoms with van der Waals surface area (Å²) in [5.74, 6) is 0.418. The molecule has 1 unspecified atom stereocenters. The van der Waals surface area contributed by atoms with Gasteiger partial charge in [0.1, 0.15) is 11.5 Å². The molecule has 0 saturated carbocycles. The summed E-state index contributed by atoms with van der Waals surface area (Å²) in [7, 11) is 3.41. The zero-order valence-electron chi connectivity index (χ0n) is 11.1. The standard InChI is InChI=1S/C14H14FN3OS/c1-18-14(10(19-2)7-17-18)13(16)12-5-8-3-4-9(15)6-11(8)20-12/h3-7,13H,16H2,1-2H3. The fraction of sp³-hybridized carbons (Fsp3) is 0.214.